The van der Waals surface area contributed by atoms with E-state index in [9.17, 15) is 9.90 Å². The predicted molar refractivity (Wildman–Crippen MR) is 78.7 cm³/mol. The lowest BCUT2D eigenvalue weighted by Gasteiger charge is -2.12. The highest BCUT2D eigenvalue weighted by atomic mass is 16.5. The molecule has 6 heteroatoms. The highest BCUT2D eigenvalue weighted by Crippen LogP contribution is 2.27. The fraction of sp³-hybridized carbons (Fsp3) is 0.533. The van der Waals surface area contributed by atoms with Gasteiger partial charge in [-0.3, -0.25) is 4.79 Å². The molecule has 1 aliphatic rings. The van der Waals surface area contributed by atoms with Gasteiger partial charge in [-0.25, -0.2) is 0 Å². The second-order valence-corrected chi connectivity index (χ2v) is 5.08. The van der Waals surface area contributed by atoms with E-state index in [0.29, 0.717) is 37.4 Å². The number of amides is 1. The summed E-state index contributed by atoms with van der Waals surface area (Å²) in [6, 6.07) is 5.42. The largest absolute Gasteiger partial charge is 0.493 e. The minimum atomic E-state index is -0.424. The van der Waals surface area contributed by atoms with Crippen LogP contribution in [0.1, 0.15) is 12.0 Å². The second kappa shape index (κ2) is 7.28. The zero-order valence-corrected chi connectivity index (χ0v) is 12.4. The van der Waals surface area contributed by atoms with Crippen LogP contribution in [0, 0.1) is 0 Å². The molecule has 116 valence electrons. The molecule has 0 spiro atoms. The van der Waals surface area contributed by atoms with E-state index in [-0.39, 0.29) is 11.9 Å². The molecule has 1 heterocycles. The number of ether oxygens (including phenoxy) is 2. The van der Waals surface area contributed by atoms with E-state index in [1.165, 1.54) is 0 Å². The molecule has 0 aliphatic carbocycles. The quantitative estimate of drug-likeness (QED) is 0.693. The number of aliphatic hydroxyl groups excluding tert-OH is 1. The number of β-amino-alcohol motifs (C(OH)–C–C–N with tert-alkyl or cyclic N) is 1. The van der Waals surface area contributed by atoms with Gasteiger partial charge >= 0.3 is 0 Å². The van der Waals surface area contributed by atoms with Gasteiger partial charge in [0.2, 0.25) is 5.91 Å². The Balaban J connectivity index is 1.82. The molecule has 2 atom stereocenters. The number of benzene rings is 1. The van der Waals surface area contributed by atoms with Crippen molar-refractivity contribution in [2.75, 3.05) is 27.3 Å². The van der Waals surface area contributed by atoms with Crippen molar-refractivity contribution in [1.82, 2.24) is 10.6 Å². The van der Waals surface area contributed by atoms with Gasteiger partial charge in [-0.2, -0.15) is 0 Å². The Morgan fingerprint density at radius 3 is 2.76 bits per heavy atom. The highest BCUT2D eigenvalue weighted by molar-refractivity contribution is 5.82. The van der Waals surface area contributed by atoms with Crippen molar-refractivity contribution in [3.8, 4) is 11.5 Å². The third kappa shape index (κ3) is 4.09. The van der Waals surface area contributed by atoms with Crippen molar-refractivity contribution in [3.05, 3.63) is 23.8 Å². The first-order valence-electron chi connectivity index (χ1n) is 7.04. The molecule has 2 rings (SSSR count). The Hall–Kier alpha value is -1.79. The van der Waals surface area contributed by atoms with Crippen LogP contribution in [0.25, 0.3) is 0 Å². The Labute approximate surface area is 124 Å². The Bertz CT molecular complexity index is 493. The molecule has 1 amide bonds. The second-order valence-electron chi connectivity index (χ2n) is 5.08. The van der Waals surface area contributed by atoms with Gasteiger partial charge in [0.05, 0.1) is 26.4 Å². The first kappa shape index (κ1) is 15.6. The molecule has 1 aromatic carbocycles. The topological polar surface area (TPSA) is 79.8 Å². The monoisotopic (exact) mass is 294 g/mol. The number of methoxy groups -OCH3 is 2. The fourth-order valence-corrected chi connectivity index (χ4v) is 2.41. The Morgan fingerprint density at radius 2 is 2.14 bits per heavy atom. The third-order valence-electron chi connectivity index (χ3n) is 3.59. The maximum absolute atomic E-state index is 11.9. The molecule has 0 unspecified atom stereocenters. The van der Waals surface area contributed by atoms with E-state index in [1.54, 1.807) is 14.2 Å². The Morgan fingerprint density at radius 1 is 1.38 bits per heavy atom. The summed E-state index contributed by atoms with van der Waals surface area (Å²) < 4.78 is 10.4. The lowest BCUT2D eigenvalue weighted by molar-refractivity contribution is -0.122. The average molecular weight is 294 g/mol. The summed E-state index contributed by atoms with van der Waals surface area (Å²) in [5, 5.41) is 15.3. The molecular weight excluding hydrogens is 272 g/mol. The summed E-state index contributed by atoms with van der Waals surface area (Å²) in [5.74, 6) is 1.31. The van der Waals surface area contributed by atoms with E-state index in [2.05, 4.69) is 10.6 Å². The average Bonchev–Trinajstić information content (AvgIpc) is 2.93. The van der Waals surface area contributed by atoms with Crippen molar-refractivity contribution in [3.63, 3.8) is 0 Å². The summed E-state index contributed by atoms with van der Waals surface area (Å²) >= 11 is 0. The molecular formula is C15H22N2O4. The minimum absolute atomic E-state index is 0.0629. The summed E-state index contributed by atoms with van der Waals surface area (Å²) in [5.41, 5.74) is 1.06. The number of aliphatic hydroxyl groups is 1. The van der Waals surface area contributed by atoms with Crippen molar-refractivity contribution in [2.45, 2.75) is 25.0 Å². The molecule has 0 aromatic heterocycles. The van der Waals surface area contributed by atoms with Crippen LogP contribution in [-0.4, -0.2) is 50.5 Å². The number of carbonyl (C=O) groups excluding carboxylic acids is 1. The van der Waals surface area contributed by atoms with Crippen LogP contribution >= 0.6 is 0 Å². The fourth-order valence-electron chi connectivity index (χ4n) is 2.41. The van der Waals surface area contributed by atoms with E-state index in [4.69, 9.17) is 9.47 Å². The summed E-state index contributed by atoms with van der Waals surface area (Å²) in [6.45, 7) is 1.02. The molecule has 0 bridgehead atoms. The number of nitrogens with one attached hydrogen (secondary N) is 2. The molecule has 0 saturated carbocycles. The lowest BCUT2D eigenvalue weighted by Crippen LogP contribution is -2.41. The van der Waals surface area contributed by atoms with Gasteiger partial charge in [0, 0.05) is 13.1 Å². The van der Waals surface area contributed by atoms with E-state index in [0.717, 1.165) is 5.56 Å². The van der Waals surface area contributed by atoms with Crippen molar-refractivity contribution in [1.29, 1.82) is 0 Å². The highest BCUT2D eigenvalue weighted by Gasteiger charge is 2.27. The summed E-state index contributed by atoms with van der Waals surface area (Å²) in [7, 11) is 3.20. The van der Waals surface area contributed by atoms with Crippen LogP contribution in [0.2, 0.25) is 0 Å². The smallest absolute Gasteiger partial charge is 0.237 e. The first-order chi connectivity index (χ1) is 10.1. The van der Waals surface area contributed by atoms with E-state index in [1.807, 2.05) is 18.2 Å². The van der Waals surface area contributed by atoms with Crippen LogP contribution in [0.15, 0.2) is 18.2 Å². The van der Waals surface area contributed by atoms with Crippen LogP contribution in [0.3, 0.4) is 0 Å². The molecule has 1 fully saturated rings. The number of hydrogen-bond acceptors (Lipinski definition) is 5. The van der Waals surface area contributed by atoms with E-state index >= 15 is 0 Å². The number of hydrogen-bond donors (Lipinski definition) is 3. The van der Waals surface area contributed by atoms with Crippen molar-refractivity contribution >= 4 is 5.91 Å². The molecule has 1 saturated heterocycles. The van der Waals surface area contributed by atoms with E-state index < -0.39 is 6.10 Å². The maximum atomic E-state index is 11.9. The van der Waals surface area contributed by atoms with Crippen molar-refractivity contribution < 1.29 is 19.4 Å². The predicted octanol–water partition coefficient (Wildman–Crippen LogP) is 0.0853. The molecule has 1 aromatic rings. The summed E-state index contributed by atoms with van der Waals surface area (Å²) in [4.78, 5) is 11.9. The molecule has 0 radical (unpaired) electrons. The van der Waals surface area contributed by atoms with Gasteiger partial charge in [-0.1, -0.05) is 6.07 Å². The van der Waals surface area contributed by atoms with Crippen molar-refractivity contribution in [2.24, 2.45) is 0 Å². The van der Waals surface area contributed by atoms with Crippen LogP contribution in [-0.2, 0) is 11.2 Å². The number of carbonyl (C=O) groups is 1. The molecule has 6 nitrogen and oxygen atoms in total. The van der Waals surface area contributed by atoms with Crippen LogP contribution in [0.4, 0.5) is 0 Å². The lowest BCUT2D eigenvalue weighted by atomic mass is 10.1. The van der Waals surface area contributed by atoms with Crippen LogP contribution < -0.4 is 20.1 Å². The SMILES string of the molecule is COc1ccc(CCNC(=O)[C@H]2C[C@H](O)CN2)cc1OC. The van der Waals surface area contributed by atoms with Gasteiger partial charge < -0.3 is 25.2 Å². The summed E-state index contributed by atoms with van der Waals surface area (Å²) in [6.07, 6.45) is 0.760. The minimum Gasteiger partial charge on any atom is -0.493 e. The van der Waals surface area contributed by atoms with Gasteiger partial charge in [0.25, 0.3) is 0 Å². The molecule has 21 heavy (non-hydrogen) atoms. The zero-order valence-electron chi connectivity index (χ0n) is 12.4. The Kier molecular flexibility index (Phi) is 5.41. The van der Waals surface area contributed by atoms with Gasteiger partial charge in [0.15, 0.2) is 11.5 Å². The maximum Gasteiger partial charge on any atom is 0.237 e. The van der Waals surface area contributed by atoms with Gasteiger partial charge in [-0.05, 0) is 30.5 Å². The standard InChI is InChI=1S/C15H22N2O4/c1-20-13-4-3-10(7-14(13)21-2)5-6-16-15(19)12-8-11(18)9-17-12/h3-4,7,11-12,17-18H,5-6,8-9H2,1-2H3,(H,16,19)/t11-,12+/m0/s1. The molecule has 3 N–H and O–H groups in total. The first-order valence-corrected chi connectivity index (χ1v) is 7.04. The normalized spacial score (nSPS) is 21.1. The molecule has 1 aliphatic heterocycles. The van der Waals surface area contributed by atoms with Crippen LogP contribution in [0.5, 0.6) is 11.5 Å². The van der Waals surface area contributed by atoms with Gasteiger partial charge in [-0.15, -0.1) is 0 Å². The van der Waals surface area contributed by atoms with Gasteiger partial charge in [0.1, 0.15) is 0 Å². The third-order valence-corrected chi connectivity index (χ3v) is 3.59. The zero-order chi connectivity index (χ0) is 15.2. The number of rotatable bonds is 6.